The fourth-order valence-electron chi connectivity index (χ4n) is 3.61. The van der Waals surface area contributed by atoms with E-state index in [9.17, 15) is 0 Å². The fraction of sp³-hybridized carbons (Fsp3) is 0.0769. The Bertz CT molecular complexity index is 1230. The average Bonchev–Trinajstić information content (AvgIpc) is 2.72. The Morgan fingerprint density at radius 2 is 1.54 bits per heavy atom. The third-order valence-electron chi connectivity index (χ3n) is 4.77. The number of aromatic nitrogens is 2. The molecule has 4 aromatic rings. The maximum atomic E-state index is 4.69. The molecule has 0 saturated carbocycles. The Hall–Kier alpha value is -3.52. The number of rotatable bonds is 4. The molecule has 0 saturated heterocycles. The summed E-state index contributed by atoms with van der Waals surface area (Å²) in [6.07, 6.45) is 10.0. The molecule has 0 atom stereocenters. The molecular formula is C26H22N2. The van der Waals surface area contributed by atoms with E-state index in [2.05, 4.69) is 72.2 Å². The van der Waals surface area contributed by atoms with Crippen molar-refractivity contribution in [1.29, 1.82) is 0 Å². The van der Waals surface area contributed by atoms with E-state index in [1.807, 2.05) is 38.4 Å². The molecule has 2 aromatic carbocycles. The van der Waals surface area contributed by atoms with Gasteiger partial charge in [0, 0.05) is 23.2 Å². The van der Waals surface area contributed by atoms with Crippen molar-refractivity contribution < 1.29 is 0 Å². The number of allylic oxidation sites excluding steroid dienone is 5. The van der Waals surface area contributed by atoms with Crippen molar-refractivity contribution in [1.82, 2.24) is 9.97 Å². The predicted molar refractivity (Wildman–Crippen MR) is 120 cm³/mol. The Kier molecular flexibility index (Phi) is 4.86. The number of nitrogens with zero attached hydrogens (tertiary/aromatic N) is 2. The van der Waals surface area contributed by atoms with Gasteiger partial charge in [-0.2, -0.15) is 0 Å². The first-order valence-electron chi connectivity index (χ1n) is 9.41. The van der Waals surface area contributed by atoms with Crippen LogP contribution in [0.3, 0.4) is 0 Å². The van der Waals surface area contributed by atoms with E-state index in [1.54, 1.807) is 0 Å². The smallest absolute Gasteiger partial charge is 0.0970 e. The second-order valence-corrected chi connectivity index (χ2v) is 6.89. The second-order valence-electron chi connectivity index (χ2n) is 6.89. The van der Waals surface area contributed by atoms with Crippen LogP contribution in [0.15, 0.2) is 97.4 Å². The van der Waals surface area contributed by atoms with Crippen molar-refractivity contribution in [2.24, 2.45) is 0 Å². The molecule has 0 radical (unpaired) electrons. The van der Waals surface area contributed by atoms with E-state index in [4.69, 9.17) is 4.98 Å². The molecule has 2 heterocycles. The second kappa shape index (κ2) is 7.61. The number of benzene rings is 2. The van der Waals surface area contributed by atoms with E-state index >= 15 is 0 Å². The highest BCUT2D eigenvalue weighted by atomic mass is 14.7. The summed E-state index contributed by atoms with van der Waals surface area (Å²) in [4.78, 5) is 9.38. The van der Waals surface area contributed by atoms with Crippen LogP contribution in [-0.4, -0.2) is 9.97 Å². The predicted octanol–water partition coefficient (Wildman–Crippen LogP) is 6.99. The van der Waals surface area contributed by atoms with Gasteiger partial charge in [0.1, 0.15) is 0 Å². The highest BCUT2D eigenvalue weighted by Crippen LogP contribution is 2.34. The van der Waals surface area contributed by atoms with E-state index < -0.39 is 0 Å². The van der Waals surface area contributed by atoms with Gasteiger partial charge >= 0.3 is 0 Å². The Labute approximate surface area is 165 Å². The summed E-state index contributed by atoms with van der Waals surface area (Å²) < 4.78 is 0. The SMILES string of the molecule is C=C(C)C=C(C=CC)c1ccnc2c1ccc1c(-c3ccccc3)ccnc12. The van der Waals surface area contributed by atoms with Gasteiger partial charge in [-0.1, -0.05) is 72.8 Å². The zero-order valence-corrected chi connectivity index (χ0v) is 16.2. The van der Waals surface area contributed by atoms with Crippen LogP contribution in [0.1, 0.15) is 19.4 Å². The van der Waals surface area contributed by atoms with Crippen LogP contribution in [0.5, 0.6) is 0 Å². The number of hydrogen-bond acceptors (Lipinski definition) is 2. The average molecular weight is 362 g/mol. The third kappa shape index (κ3) is 3.25. The molecule has 0 N–H and O–H groups in total. The van der Waals surface area contributed by atoms with E-state index in [1.165, 1.54) is 11.1 Å². The van der Waals surface area contributed by atoms with Crippen LogP contribution >= 0.6 is 0 Å². The molecule has 2 aromatic heterocycles. The minimum atomic E-state index is 0.921. The lowest BCUT2D eigenvalue weighted by atomic mass is 9.95. The zero-order chi connectivity index (χ0) is 19.5. The minimum Gasteiger partial charge on any atom is -0.254 e. The molecule has 0 aliphatic carbocycles. The molecule has 0 bridgehead atoms. The lowest BCUT2D eigenvalue weighted by Gasteiger charge is -2.12. The normalized spacial score (nSPS) is 12.1. The lowest BCUT2D eigenvalue weighted by Crippen LogP contribution is -1.92. The van der Waals surface area contributed by atoms with Crippen LogP contribution in [0.4, 0.5) is 0 Å². The van der Waals surface area contributed by atoms with Crippen LogP contribution in [0.25, 0.3) is 38.5 Å². The van der Waals surface area contributed by atoms with Gasteiger partial charge in [-0.05, 0) is 48.2 Å². The number of fused-ring (bicyclic) bond motifs is 3. The monoisotopic (exact) mass is 362 g/mol. The summed E-state index contributed by atoms with van der Waals surface area (Å²) in [7, 11) is 0. The summed E-state index contributed by atoms with van der Waals surface area (Å²) >= 11 is 0. The summed E-state index contributed by atoms with van der Waals surface area (Å²) in [5.41, 5.74) is 7.48. The highest BCUT2D eigenvalue weighted by Gasteiger charge is 2.12. The van der Waals surface area contributed by atoms with E-state index in [0.717, 1.165) is 38.5 Å². The first kappa shape index (κ1) is 17.9. The van der Waals surface area contributed by atoms with Crippen LogP contribution in [0, 0.1) is 0 Å². The van der Waals surface area contributed by atoms with E-state index in [-0.39, 0.29) is 0 Å². The van der Waals surface area contributed by atoms with Crippen molar-refractivity contribution in [2.75, 3.05) is 0 Å². The molecular weight excluding hydrogens is 340 g/mol. The molecule has 28 heavy (non-hydrogen) atoms. The first-order valence-corrected chi connectivity index (χ1v) is 9.41. The third-order valence-corrected chi connectivity index (χ3v) is 4.77. The van der Waals surface area contributed by atoms with Crippen molar-refractivity contribution in [3.05, 3.63) is 103 Å². The molecule has 0 unspecified atom stereocenters. The minimum absolute atomic E-state index is 0.921. The van der Waals surface area contributed by atoms with Gasteiger partial charge in [0.25, 0.3) is 0 Å². The van der Waals surface area contributed by atoms with E-state index in [0.29, 0.717) is 0 Å². The van der Waals surface area contributed by atoms with Crippen LogP contribution in [-0.2, 0) is 0 Å². The maximum Gasteiger partial charge on any atom is 0.0970 e. The standard InChI is InChI=1S/C26H22N2/c1-4-8-20(17-18(2)3)22-14-16-28-26-24(22)12-11-23-21(13-15-27-25(23)26)19-9-6-5-7-10-19/h4-17H,2H2,1,3H3. The number of hydrogen-bond donors (Lipinski definition) is 0. The molecule has 2 heteroatoms. The fourth-order valence-corrected chi connectivity index (χ4v) is 3.61. The van der Waals surface area contributed by atoms with Gasteiger partial charge in [-0.3, -0.25) is 9.97 Å². The molecule has 0 aliphatic rings. The van der Waals surface area contributed by atoms with Crippen molar-refractivity contribution in [3.63, 3.8) is 0 Å². The lowest BCUT2D eigenvalue weighted by molar-refractivity contribution is 1.37. The van der Waals surface area contributed by atoms with Crippen molar-refractivity contribution >= 4 is 27.4 Å². The Morgan fingerprint density at radius 3 is 2.25 bits per heavy atom. The Morgan fingerprint density at radius 1 is 0.857 bits per heavy atom. The summed E-state index contributed by atoms with van der Waals surface area (Å²) in [5, 5.41) is 2.21. The van der Waals surface area contributed by atoms with Crippen molar-refractivity contribution in [3.8, 4) is 11.1 Å². The summed E-state index contributed by atoms with van der Waals surface area (Å²) in [6, 6.07) is 18.9. The molecule has 0 spiro atoms. The summed E-state index contributed by atoms with van der Waals surface area (Å²) in [5.74, 6) is 0. The van der Waals surface area contributed by atoms with Gasteiger partial charge in [-0.25, -0.2) is 0 Å². The van der Waals surface area contributed by atoms with Gasteiger partial charge in [0.15, 0.2) is 0 Å². The molecule has 4 rings (SSSR count). The van der Waals surface area contributed by atoms with Crippen molar-refractivity contribution in [2.45, 2.75) is 13.8 Å². The topological polar surface area (TPSA) is 25.8 Å². The van der Waals surface area contributed by atoms with Gasteiger partial charge in [-0.15, -0.1) is 0 Å². The highest BCUT2D eigenvalue weighted by molar-refractivity contribution is 6.10. The Balaban J connectivity index is 2.02. The van der Waals surface area contributed by atoms with Crippen LogP contribution < -0.4 is 0 Å². The maximum absolute atomic E-state index is 4.69. The largest absolute Gasteiger partial charge is 0.254 e. The molecule has 2 nitrogen and oxygen atoms in total. The van der Waals surface area contributed by atoms with Gasteiger partial charge in [0.2, 0.25) is 0 Å². The summed E-state index contributed by atoms with van der Waals surface area (Å²) in [6.45, 7) is 8.08. The van der Waals surface area contributed by atoms with Gasteiger partial charge in [0.05, 0.1) is 11.0 Å². The van der Waals surface area contributed by atoms with Crippen LogP contribution in [0.2, 0.25) is 0 Å². The molecule has 0 fully saturated rings. The molecule has 0 aliphatic heterocycles. The number of pyridine rings is 2. The quantitative estimate of drug-likeness (QED) is 0.289. The zero-order valence-electron chi connectivity index (χ0n) is 16.2. The van der Waals surface area contributed by atoms with Gasteiger partial charge < -0.3 is 0 Å². The first-order chi connectivity index (χ1) is 13.7. The molecule has 0 amide bonds. The molecule has 136 valence electrons.